The van der Waals surface area contributed by atoms with Crippen LogP contribution in [0.2, 0.25) is 0 Å². The maximum absolute atomic E-state index is 12.9. The van der Waals surface area contributed by atoms with Crippen molar-refractivity contribution in [3.63, 3.8) is 0 Å². The van der Waals surface area contributed by atoms with Gasteiger partial charge in [0, 0.05) is 37.6 Å². The number of carbonyl (C=O) groups excluding carboxylic acids is 1. The van der Waals surface area contributed by atoms with Crippen LogP contribution in [-0.4, -0.2) is 54.0 Å². The van der Waals surface area contributed by atoms with Gasteiger partial charge in [-0.3, -0.25) is 9.69 Å². The van der Waals surface area contributed by atoms with Gasteiger partial charge in [-0.25, -0.2) is 0 Å². The number of likely N-dealkylation sites (N-methyl/N-ethyl adjacent to an activating group) is 1. The zero-order chi connectivity index (χ0) is 14.6. The van der Waals surface area contributed by atoms with Crippen LogP contribution in [0.15, 0.2) is 17.5 Å². The first-order chi connectivity index (χ1) is 9.55. The highest BCUT2D eigenvalue weighted by atomic mass is 32.1. The Morgan fingerprint density at radius 1 is 1.45 bits per heavy atom. The summed E-state index contributed by atoms with van der Waals surface area (Å²) in [7, 11) is 0. The van der Waals surface area contributed by atoms with Crippen LogP contribution in [0.1, 0.15) is 25.6 Å². The van der Waals surface area contributed by atoms with Crippen LogP contribution in [0.3, 0.4) is 0 Å². The Balaban J connectivity index is 2.05. The smallest absolute Gasteiger partial charge is 0.242 e. The predicted octanol–water partition coefficient (Wildman–Crippen LogP) is 1.78. The van der Waals surface area contributed by atoms with Crippen molar-refractivity contribution >= 4 is 17.2 Å². The molecule has 2 rings (SSSR count). The van der Waals surface area contributed by atoms with Crippen molar-refractivity contribution < 1.29 is 4.79 Å². The number of amides is 1. The van der Waals surface area contributed by atoms with Gasteiger partial charge in [0.05, 0.1) is 12.1 Å². The zero-order valence-electron chi connectivity index (χ0n) is 12.7. The Morgan fingerprint density at radius 2 is 2.15 bits per heavy atom. The first-order valence-electron chi connectivity index (χ1n) is 7.33. The van der Waals surface area contributed by atoms with Gasteiger partial charge >= 0.3 is 0 Å². The van der Waals surface area contributed by atoms with Gasteiger partial charge in [-0.15, -0.1) is 11.3 Å². The van der Waals surface area contributed by atoms with Crippen molar-refractivity contribution in [3.8, 4) is 0 Å². The Morgan fingerprint density at radius 3 is 2.70 bits per heavy atom. The van der Waals surface area contributed by atoms with Gasteiger partial charge in [0.2, 0.25) is 5.91 Å². The number of thiophene rings is 1. The third-order valence-corrected chi connectivity index (χ3v) is 4.89. The van der Waals surface area contributed by atoms with Crippen molar-refractivity contribution in [3.05, 3.63) is 22.4 Å². The van der Waals surface area contributed by atoms with E-state index in [0.717, 1.165) is 39.3 Å². The molecule has 1 amide bonds. The number of carbonyl (C=O) groups is 1. The average Bonchev–Trinajstić information content (AvgIpc) is 2.98. The van der Waals surface area contributed by atoms with Crippen LogP contribution in [0, 0.1) is 0 Å². The lowest BCUT2D eigenvalue weighted by atomic mass is 9.99. The lowest BCUT2D eigenvalue weighted by molar-refractivity contribution is -0.143. The topological polar surface area (TPSA) is 35.6 Å². The van der Waals surface area contributed by atoms with E-state index in [1.807, 2.05) is 11.0 Å². The number of nitrogens with zero attached hydrogens (tertiary/aromatic N) is 2. The van der Waals surface area contributed by atoms with E-state index >= 15 is 0 Å². The minimum Gasteiger partial charge on any atom is -0.336 e. The van der Waals surface area contributed by atoms with E-state index in [1.165, 1.54) is 4.88 Å². The number of hydrogen-bond donors (Lipinski definition) is 1. The minimum atomic E-state index is -0.421. The van der Waals surface area contributed by atoms with Gasteiger partial charge in [-0.2, -0.15) is 0 Å². The maximum atomic E-state index is 12.9. The first-order valence-corrected chi connectivity index (χ1v) is 8.21. The molecule has 5 heteroatoms. The standard InChI is InChI=1S/C15H25N3OS/c1-4-17(12-13-6-5-11-20-13)14(19)15(2,3)18-9-7-16-8-10-18/h5-6,11,16H,4,7-10,12H2,1-3H3. The second kappa shape index (κ2) is 6.70. The van der Waals surface area contributed by atoms with Crippen molar-refractivity contribution in [1.29, 1.82) is 0 Å². The number of piperazine rings is 1. The Bertz CT molecular complexity index is 424. The van der Waals surface area contributed by atoms with Crippen LogP contribution >= 0.6 is 11.3 Å². The summed E-state index contributed by atoms with van der Waals surface area (Å²) in [5, 5.41) is 5.40. The van der Waals surface area contributed by atoms with E-state index < -0.39 is 5.54 Å². The molecular formula is C15H25N3OS. The Labute approximate surface area is 125 Å². The fourth-order valence-corrected chi connectivity index (χ4v) is 3.38. The molecule has 0 aromatic carbocycles. The van der Waals surface area contributed by atoms with E-state index in [2.05, 4.69) is 42.4 Å². The molecule has 0 bridgehead atoms. The fourth-order valence-electron chi connectivity index (χ4n) is 2.66. The number of rotatable bonds is 5. The zero-order valence-corrected chi connectivity index (χ0v) is 13.5. The largest absolute Gasteiger partial charge is 0.336 e. The lowest BCUT2D eigenvalue weighted by Gasteiger charge is -2.42. The third-order valence-electron chi connectivity index (χ3n) is 4.03. The minimum absolute atomic E-state index is 0.232. The third kappa shape index (κ3) is 3.40. The van der Waals surface area contributed by atoms with Gasteiger partial charge in [0.25, 0.3) is 0 Å². The molecule has 20 heavy (non-hydrogen) atoms. The van der Waals surface area contributed by atoms with E-state index in [-0.39, 0.29) is 5.91 Å². The van der Waals surface area contributed by atoms with Gasteiger partial charge in [-0.05, 0) is 32.2 Å². The van der Waals surface area contributed by atoms with Crippen LogP contribution < -0.4 is 5.32 Å². The molecule has 1 aliphatic heterocycles. The van der Waals surface area contributed by atoms with Crippen LogP contribution in [-0.2, 0) is 11.3 Å². The predicted molar refractivity (Wildman–Crippen MR) is 83.9 cm³/mol. The van der Waals surface area contributed by atoms with Gasteiger partial charge < -0.3 is 10.2 Å². The molecule has 1 aromatic rings. The molecule has 1 aliphatic rings. The molecule has 4 nitrogen and oxygen atoms in total. The van der Waals surface area contributed by atoms with Gasteiger partial charge in [-0.1, -0.05) is 6.07 Å². The van der Waals surface area contributed by atoms with E-state index in [0.29, 0.717) is 0 Å². The SMILES string of the molecule is CCN(Cc1cccs1)C(=O)C(C)(C)N1CCNCC1. The van der Waals surface area contributed by atoms with Crippen molar-refractivity contribution in [1.82, 2.24) is 15.1 Å². The summed E-state index contributed by atoms with van der Waals surface area (Å²) < 4.78 is 0. The highest BCUT2D eigenvalue weighted by Crippen LogP contribution is 2.21. The highest BCUT2D eigenvalue weighted by molar-refractivity contribution is 7.09. The molecule has 0 spiro atoms. The monoisotopic (exact) mass is 295 g/mol. The average molecular weight is 295 g/mol. The molecule has 0 saturated carbocycles. The van der Waals surface area contributed by atoms with E-state index in [9.17, 15) is 4.79 Å². The van der Waals surface area contributed by atoms with Crippen LogP contribution in [0.25, 0.3) is 0 Å². The van der Waals surface area contributed by atoms with Crippen LogP contribution in [0.5, 0.6) is 0 Å². The van der Waals surface area contributed by atoms with E-state index in [4.69, 9.17) is 0 Å². The lowest BCUT2D eigenvalue weighted by Crippen LogP contribution is -2.60. The summed E-state index contributed by atoms with van der Waals surface area (Å²) in [6, 6.07) is 4.14. The summed E-state index contributed by atoms with van der Waals surface area (Å²) in [5.74, 6) is 0.232. The molecule has 1 fully saturated rings. The maximum Gasteiger partial charge on any atom is 0.242 e. The molecule has 0 aliphatic carbocycles. The highest BCUT2D eigenvalue weighted by Gasteiger charge is 2.37. The van der Waals surface area contributed by atoms with Crippen molar-refractivity contribution in [2.45, 2.75) is 32.9 Å². The normalized spacial score (nSPS) is 17.1. The number of nitrogens with one attached hydrogen (secondary N) is 1. The molecule has 1 saturated heterocycles. The molecule has 0 unspecified atom stereocenters. The second-order valence-electron chi connectivity index (χ2n) is 5.69. The molecular weight excluding hydrogens is 270 g/mol. The van der Waals surface area contributed by atoms with Gasteiger partial charge in [0.1, 0.15) is 0 Å². The van der Waals surface area contributed by atoms with Crippen molar-refractivity contribution in [2.24, 2.45) is 0 Å². The summed E-state index contributed by atoms with van der Waals surface area (Å²) in [6.45, 7) is 11.5. The molecule has 0 radical (unpaired) electrons. The summed E-state index contributed by atoms with van der Waals surface area (Å²) in [5.41, 5.74) is -0.421. The first kappa shape index (κ1) is 15.5. The Hall–Kier alpha value is -0.910. The number of hydrogen-bond acceptors (Lipinski definition) is 4. The van der Waals surface area contributed by atoms with Gasteiger partial charge in [0.15, 0.2) is 0 Å². The summed E-state index contributed by atoms with van der Waals surface area (Å²) in [4.78, 5) is 18.4. The second-order valence-corrected chi connectivity index (χ2v) is 6.73. The molecule has 0 atom stereocenters. The molecule has 1 N–H and O–H groups in total. The summed E-state index contributed by atoms with van der Waals surface area (Å²) in [6.07, 6.45) is 0. The van der Waals surface area contributed by atoms with Crippen LogP contribution in [0.4, 0.5) is 0 Å². The Kier molecular flexibility index (Phi) is 5.18. The van der Waals surface area contributed by atoms with E-state index in [1.54, 1.807) is 11.3 Å². The summed E-state index contributed by atoms with van der Waals surface area (Å²) >= 11 is 1.71. The molecule has 1 aromatic heterocycles. The molecule has 2 heterocycles. The fraction of sp³-hybridized carbons (Fsp3) is 0.667. The van der Waals surface area contributed by atoms with Crippen molar-refractivity contribution in [2.75, 3.05) is 32.7 Å². The quantitative estimate of drug-likeness (QED) is 0.899. The molecule has 112 valence electrons.